The maximum atomic E-state index is 10.8. The van der Waals surface area contributed by atoms with Gasteiger partial charge >= 0.3 is 0 Å². The number of nitrogens with one attached hydrogen (secondary N) is 2. The van der Waals surface area contributed by atoms with Gasteiger partial charge in [0.15, 0.2) is 5.43 Å². The smallest absolute Gasteiger partial charge is 0.182 e. The van der Waals surface area contributed by atoms with E-state index in [-0.39, 0.29) is 5.43 Å². The maximum absolute atomic E-state index is 10.8. The Morgan fingerprint density at radius 2 is 2.45 bits per heavy atom. The van der Waals surface area contributed by atoms with Crippen LogP contribution in [0.15, 0.2) is 29.7 Å². The Hall–Kier alpha value is -1.51. The van der Waals surface area contributed by atoms with Crippen molar-refractivity contribution in [2.24, 2.45) is 0 Å². The van der Waals surface area contributed by atoms with Crippen LogP contribution in [0.2, 0.25) is 0 Å². The number of rotatable bonds is 2. The Morgan fingerprint density at radius 3 is 3.00 bits per heavy atom. The van der Waals surface area contributed by atoms with Crippen molar-refractivity contribution in [3.63, 3.8) is 0 Å². The lowest BCUT2D eigenvalue weighted by atomic mass is 10.3. The van der Waals surface area contributed by atoms with Crippen molar-refractivity contribution in [2.75, 3.05) is 7.05 Å². The largest absolute Gasteiger partial charge is 0.387 e. The molecule has 1 aromatic rings. The summed E-state index contributed by atoms with van der Waals surface area (Å²) in [6.07, 6.45) is 1.60. The molecule has 11 heavy (non-hydrogen) atoms. The van der Waals surface area contributed by atoms with Crippen molar-refractivity contribution >= 4 is 5.70 Å². The summed E-state index contributed by atoms with van der Waals surface area (Å²) in [5, 5.41) is 2.84. The first-order valence-electron chi connectivity index (χ1n) is 3.30. The minimum atomic E-state index is -0.0184. The fraction of sp³-hybridized carbons (Fsp3) is 0.125. The number of hydrogen-bond donors (Lipinski definition) is 2. The van der Waals surface area contributed by atoms with E-state index in [4.69, 9.17) is 0 Å². The van der Waals surface area contributed by atoms with Gasteiger partial charge in [-0.05, 0) is 0 Å². The molecule has 3 nitrogen and oxygen atoms in total. The summed E-state index contributed by atoms with van der Waals surface area (Å²) in [6, 6.07) is 2.96. The quantitative estimate of drug-likeness (QED) is 0.647. The standard InChI is InChI=1S/C8H10N2O/c1-6(9-2)8-5-7(11)3-4-10-8/h3-5,9H,1H2,2H3,(H,10,11). The van der Waals surface area contributed by atoms with Crippen LogP contribution in [-0.2, 0) is 0 Å². The van der Waals surface area contributed by atoms with Crippen LogP contribution in [0.5, 0.6) is 0 Å². The monoisotopic (exact) mass is 150 g/mol. The van der Waals surface area contributed by atoms with E-state index in [2.05, 4.69) is 16.9 Å². The third-order valence-electron chi connectivity index (χ3n) is 1.40. The van der Waals surface area contributed by atoms with Gasteiger partial charge in [0.1, 0.15) is 0 Å². The van der Waals surface area contributed by atoms with Gasteiger partial charge in [0.2, 0.25) is 0 Å². The van der Waals surface area contributed by atoms with Crippen molar-refractivity contribution in [3.8, 4) is 0 Å². The van der Waals surface area contributed by atoms with Gasteiger partial charge in [0.05, 0.1) is 11.4 Å². The van der Waals surface area contributed by atoms with Gasteiger partial charge in [-0.2, -0.15) is 0 Å². The number of H-pyrrole nitrogens is 1. The molecule has 0 aliphatic carbocycles. The molecule has 1 heterocycles. The zero-order valence-electron chi connectivity index (χ0n) is 6.35. The van der Waals surface area contributed by atoms with Crippen LogP contribution in [0.1, 0.15) is 5.69 Å². The zero-order valence-corrected chi connectivity index (χ0v) is 6.35. The molecule has 1 rings (SSSR count). The molecular weight excluding hydrogens is 140 g/mol. The Labute approximate surface area is 64.8 Å². The van der Waals surface area contributed by atoms with Gasteiger partial charge in [-0.25, -0.2) is 0 Å². The van der Waals surface area contributed by atoms with Gasteiger partial charge in [-0.3, -0.25) is 4.79 Å². The third-order valence-corrected chi connectivity index (χ3v) is 1.40. The average Bonchev–Trinajstić information content (AvgIpc) is 2.03. The summed E-state index contributed by atoms with van der Waals surface area (Å²) in [5.41, 5.74) is 1.41. The van der Waals surface area contributed by atoms with Crippen molar-refractivity contribution in [2.45, 2.75) is 0 Å². The second kappa shape index (κ2) is 3.05. The molecule has 0 aliphatic rings. The van der Waals surface area contributed by atoms with E-state index >= 15 is 0 Å². The molecule has 0 saturated heterocycles. The average molecular weight is 150 g/mol. The highest BCUT2D eigenvalue weighted by Gasteiger charge is 1.94. The highest BCUT2D eigenvalue weighted by molar-refractivity contribution is 5.57. The van der Waals surface area contributed by atoms with E-state index in [0.29, 0.717) is 5.70 Å². The molecule has 3 heteroatoms. The molecule has 58 valence electrons. The summed E-state index contributed by atoms with van der Waals surface area (Å²) >= 11 is 0. The lowest BCUT2D eigenvalue weighted by Gasteiger charge is -2.02. The van der Waals surface area contributed by atoms with Gasteiger partial charge in [-0.15, -0.1) is 0 Å². The molecule has 0 radical (unpaired) electrons. The molecule has 0 aromatic carbocycles. The van der Waals surface area contributed by atoms with Gasteiger partial charge in [0, 0.05) is 25.4 Å². The third kappa shape index (κ3) is 1.70. The van der Waals surface area contributed by atoms with Gasteiger partial charge in [0.25, 0.3) is 0 Å². The van der Waals surface area contributed by atoms with E-state index in [1.54, 1.807) is 13.2 Å². The predicted molar refractivity (Wildman–Crippen MR) is 45.2 cm³/mol. The van der Waals surface area contributed by atoms with Crippen LogP contribution in [0.3, 0.4) is 0 Å². The predicted octanol–water partition coefficient (Wildman–Crippen LogP) is 0.565. The summed E-state index contributed by atoms with van der Waals surface area (Å²) in [5.74, 6) is 0. The molecular formula is C8H10N2O. The lowest BCUT2D eigenvalue weighted by molar-refractivity contribution is 1.09. The van der Waals surface area contributed by atoms with E-state index in [1.807, 2.05) is 0 Å². The van der Waals surface area contributed by atoms with Crippen LogP contribution in [-0.4, -0.2) is 12.0 Å². The molecule has 0 amide bonds. The van der Waals surface area contributed by atoms with Crippen LogP contribution in [0.4, 0.5) is 0 Å². The van der Waals surface area contributed by atoms with E-state index in [1.165, 1.54) is 12.1 Å². The van der Waals surface area contributed by atoms with Crippen LogP contribution >= 0.6 is 0 Å². The summed E-state index contributed by atoms with van der Waals surface area (Å²) in [4.78, 5) is 13.7. The van der Waals surface area contributed by atoms with Crippen LogP contribution in [0.25, 0.3) is 5.70 Å². The molecule has 0 unspecified atom stereocenters. The molecule has 0 bridgehead atoms. The first-order chi connectivity index (χ1) is 5.24. The van der Waals surface area contributed by atoms with Crippen molar-refractivity contribution < 1.29 is 0 Å². The fourth-order valence-corrected chi connectivity index (χ4v) is 0.755. The highest BCUT2D eigenvalue weighted by atomic mass is 16.1. The first-order valence-corrected chi connectivity index (χ1v) is 3.30. The number of aromatic amines is 1. The number of hydrogen-bond acceptors (Lipinski definition) is 2. The van der Waals surface area contributed by atoms with Gasteiger partial charge in [-0.1, -0.05) is 6.58 Å². The highest BCUT2D eigenvalue weighted by Crippen LogP contribution is 1.99. The molecule has 0 atom stereocenters. The second-order valence-corrected chi connectivity index (χ2v) is 2.17. The first kappa shape index (κ1) is 7.60. The molecule has 0 spiro atoms. The Kier molecular flexibility index (Phi) is 2.11. The molecule has 2 N–H and O–H groups in total. The SMILES string of the molecule is C=C(NC)c1cc(=O)cc[nH]1. The van der Waals surface area contributed by atoms with Crippen LogP contribution in [0, 0.1) is 0 Å². The zero-order chi connectivity index (χ0) is 8.27. The maximum Gasteiger partial charge on any atom is 0.182 e. The molecule has 0 saturated carbocycles. The van der Waals surface area contributed by atoms with Crippen molar-refractivity contribution in [3.05, 3.63) is 40.8 Å². The fourth-order valence-electron chi connectivity index (χ4n) is 0.755. The number of aromatic nitrogens is 1. The Balaban J connectivity index is 3.05. The number of pyridine rings is 1. The second-order valence-electron chi connectivity index (χ2n) is 2.17. The summed E-state index contributed by atoms with van der Waals surface area (Å²) < 4.78 is 0. The molecule has 1 aromatic heterocycles. The van der Waals surface area contributed by atoms with Gasteiger partial charge < -0.3 is 10.3 Å². The lowest BCUT2D eigenvalue weighted by Crippen LogP contribution is -2.08. The topological polar surface area (TPSA) is 44.9 Å². The van der Waals surface area contributed by atoms with E-state index in [9.17, 15) is 4.79 Å². The van der Waals surface area contributed by atoms with E-state index in [0.717, 1.165) is 5.69 Å². The minimum Gasteiger partial charge on any atom is -0.387 e. The van der Waals surface area contributed by atoms with Crippen molar-refractivity contribution in [1.29, 1.82) is 0 Å². The minimum absolute atomic E-state index is 0.0184. The Bertz CT molecular complexity index is 314. The normalized spacial score (nSPS) is 9.18. The molecule has 0 fully saturated rings. The summed E-state index contributed by atoms with van der Waals surface area (Å²) in [7, 11) is 1.76. The van der Waals surface area contributed by atoms with Crippen LogP contribution < -0.4 is 10.7 Å². The van der Waals surface area contributed by atoms with Crippen molar-refractivity contribution in [1.82, 2.24) is 10.3 Å². The summed E-state index contributed by atoms with van der Waals surface area (Å²) in [6.45, 7) is 3.70. The van der Waals surface area contributed by atoms with E-state index < -0.39 is 0 Å². The molecule has 0 aliphatic heterocycles. The Morgan fingerprint density at radius 1 is 1.73 bits per heavy atom.